The maximum absolute atomic E-state index is 11.1. The Morgan fingerprint density at radius 3 is 1.79 bits per heavy atom. The summed E-state index contributed by atoms with van der Waals surface area (Å²) in [5.41, 5.74) is 0.864. The summed E-state index contributed by atoms with van der Waals surface area (Å²) in [5, 5.41) is 22.0. The number of hydrogen-bond donors (Lipinski definition) is 2. The highest BCUT2D eigenvalue weighted by atomic mass is 35.5. The summed E-state index contributed by atoms with van der Waals surface area (Å²) in [6.45, 7) is 0. The van der Waals surface area contributed by atoms with Gasteiger partial charge in [-0.2, -0.15) is 0 Å². The van der Waals surface area contributed by atoms with Gasteiger partial charge in [-0.15, -0.1) is 0 Å². The summed E-state index contributed by atoms with van der Waals surface area (Å²) in [6, 6.07) is 22.0. The molecule has 1 aliphatic heterocycles. The maximum atomic E-state index is 11.1. The highest BCUT2D eigenvalue weighted by Gasteiger charge is 2.44. The molecule has 9 heteroatoms. The number of oxime groups is 1. The van der Waals surface area contributed by atoms with Crippen LogP contribution in [0.3, 0.4) is 0 Å². The van der Waals surface area contributed by atoms with Crippen molar-refractivity contribution in [2.45, 2.75) is 12.0 Å². The van der Waals surface area contributed by atoms with Crippen LogP contribution in [0.1, 0.15) is 27.9 Å². The van der Waals surface area contributed by atoms with E-state index in [0.717, 1.165) is 11.1 Å². The first kappa shape index (κ1) is 24.1. The molecular weight excluding hydrogens is 469 g/mol. The van der Waals surface area contributed by atoms with E-state index < -0.39 is 17.5 Å². The van der Waals surface area contributed by atoms with Crippen LogP contribution in [0, 0.1) is 0 Å². The zero-order valence-corrected chi connectivity index (χ0v) is 18.9. The number of carboxylic acid groups (broad SMARTS) is 2. The minimum Gasteiger partial charge on any atom is -0.494 e. The Hall–Kier alpha value is -3.55. The van der Waals surface area contributed by atoms with Gasteiger partial charge in [0.1, 0.15) is 5.56 Å². The first-order valence-electron chi connectivity index (χ1n) is 9.65. The van der Waals surface area contributed by atoms with Crippen molar-refractivity contribution in [2.75, 3.05) is 7.11 Å². The summed E-state index contributed by atoms with van der Waals surface area (Å²) in [4.78, 5) is 27.5. The van der Waals surface area contributed by atoms with Crippen LogP contribution in [0.5, 0.6) is 5.75 Å². The Kier molecular flexibility index (Phi) is 7.58. The highest BCUT2D eigenvalue weighted by Crippen LogP contribution is 2.41. The van der Waals surface area contributed by atoms with Crippen LogP contribution in [-0.4, -0.2) is 35.0 Å². The van der Waals surface area contributed by atoms with Gasteiger partial charge in [-0.3, -0.25) is 0 Å². The van der Waals surface area contributed by atoms with Gasteiger partial charge in [0.2, 0.25) is 0 Å². The van der Waals surface area contributed by atoms with Crippen LogP contribution in [-0.2, 0) is 15.2 Å². The van der Waals surface area contributed by atoms with Crippen LogP contribution in [0.25, 0.3) is 0 Å². The van der Waals surface area contributed by atoms with Crippen molar-refractivity contribution in [3.05, 3.63) is 99.5 Å². The molecule has 0 atom stereocenters. The molecule has 0 saturated heterocycles. The van der Waals surface area contributed by atoms with Gasteiger partial charge < -0.3 is 19.8 Å². The maximum Gasteiger partial charge on any atom is 0.353 e. The molecule has 0 fully saturated rings. The third kappa shape index (κ3) is 5.10. The first-order chi connectivity index (χ1) is 15.8. The summed E-state index contributed by atoms with van der Waals surface area (Å²) in [5.74, 6) is -2.12. The normalized spacial score (nSPS) is 13.7. The lowest BCUT2D eigenvalue weighted by molar-refractivity contribution is -0.129. The van der Waals surface area contributed by atoms with E-state index in [2.05, 4.69) is 5.16 Å². The zero-order valence-electron chi connectivity index (χ0n) is 17.4. The van der Waals surface area contributed by atoms with Gasteiger partial charge in [-0.05, 0) is 12.1 Å². The van der Waals surface area contributed by atoms with Crippen molar-refractivity contribution in [2.24, 2.45) is 5.16 Å². The molecule has 170 valence electrons. The molecule has 0 saturated carbocycles. The van der Waals surface area contributed by atoms with E-state index in [0.29, 0.717) is 0 Å². The number of rotatable bonds is 5. The van der Waals surface area contributed by atoms with Gasteiger partial charge in [0.25, 0.3) is 0 Å². The van der Waals surface area contributed by atoms with Crippen molar-refractivity contribution in [3.8, 4) is 5.75 Å². The molecule has 0 aliphatic carbocycles. The predicted molar refractivity (Wildman–Crippen MR) is 124 cm³/mol. The molecule has 2 N–H and O–H groups in total. The lowest BCUT2D eigenvalue weighted by atomic mass is 9.82. The topological polar surface area (TPSA) is 105 Å². The molecule has 7 nitrogen and oxygen atoms in total. The number of aromatic carboxylic acids is 1. The van der Waals surface area contributed by atoms with Crippen LogP contribution in [0.2, 0.25) is 10.0 Å². The smallest absolute Gasteiger partial charge is 0.353 e. The third-order valence-electron chi connectivity index (χ3n) is 4.93. The Balaban J connectivity index is 0.000000205. The van der Waals surface area contributed by atoms with E-state index in [1.807, 2.05) is 60.7 Å². The zero-order chi connectivity index (χ0) is 24.0. The quantitative estimate of drug-likeness (QED) is 0.492. The predicted octanol–water partition coefficient (Wildman–Crippen LogP) is 5.49. The van der Waals surface area contributed by atoms with E-state index >= 15 is 0 Å². The summed E-state index contributed by atoms with van der Waals surface area (Å²) >= 11 is 11.4. The number of carbonyl (C=O) groups is 2. The fourth-order valence-corrected chi connectivity index (χ4v) is 3.84. The molecule has 0 unspecified atom stereocenters. The average molecular weight is 488 g/mol. The Morgan fingerprint density at radius 1 is 0.879 bits per heavy atom. The number of carboxylic acids is 2. The number of nitrogens with zero attached hydrogens (tertiary/aromatic N) is 1. The van der Waals surface area contributed by atoms with Gasteiger partial charge in [-0.1, -0.05) is 89.0 Å². The first-order valence-corrected chi connectivity index (χ1v) is 10.4. The van der Waals surface area contributed by atoms with Crippen LogP contribution >= 0.6 is 23.2 Å². The SMILES string of the molecule is COc1c(Cl)ccc(Cl)c1C(=O)O.O=C(O)C1=NOC(c2ccccc2)(c2ccccc2)C1. The molecular formula is C24H19Cl2NO6. The molecule has 0 bridgehead atoms. The lowest BCUT2D eigenvalue weighted by Crippen LogP contribution is -2.29. The highest BCUT2D eigenvalue weighted by molar-refractivity contribution is 6.37. The van der Waals surface area contributed by atoms with E-state index in [9.17, 15) is 9.59 Å². The number of benzene rings is 3. The number of hydrogen-bond acceptors (Lipinski definition) is 5. The van der Waals surface area contributed by atoms with Crippen molar-refractivity contribution in [3.63, 3.8) is 0 Å². The molecule has 3 aromatic carbocycles. The number of methoxy groups -OCH3 is 1. The van der Waals surface area contributed by atoms with Gasteiger partial charge in [0.15, 0.2) is 17.1 Å². The van der Waals surface area contributed by atoms with Crippen molar-refractivity contribution < 1.29 is 29.4 Å². The van der Waals surface area contributed by atoms with Crippen LogP contribution < -0.4 is 4.74 Å². The van der Waals surface area contributed by atoms with Gasteiger partial charge in [0, 0.05) is 11.1 Å². The molecule has 33 heavy (non-hydrogen) atoms. The van der Waals surface area contributed by atoms with Crippen molar-refractivity contribution >= 4 is 40.9 Å². The van der Waals surface area contributed by atoms with Crippen molar-refractivity contribution in [1.82, 2.24) is 0 Å². The number of aliphatic carboxylic acids is 1. The van der Waals surface area contributed by atoms with E-state index in [1.54, 1.807) is 0 Å². The molecule has 0 amide bonds. The fraction of sp³-hybridized carbons (Fsp3) is 0.125. The summed E-state index contributed by atoms with van der Waals surface area (Å²) in [6.07, 6.45) is 0.219. The Bertz CT molecular complexity index is 1140. The standard InChI is InChI=1S/C16H13NO3.C8H6Cl2O3/c18-15(19)14-11-16(20-17-14,12-7-3-1-4-8-12)13-9-5-2-6-10-13;1-13-7-5(10)3-2-4(9)6(7)8(11)12/h1-10H,11H2,(H,18,19);2-3H,1H3,(H,11,12). The average Bonchev–Trinajstić information content (AvgIpc) is 3.29. The van der Waals surface area contributed by atoms with Gasteiger partial charge >= 0.3 is 11.9 Å². The largest absolute Gasteiger partial charge is 0.494 e. The van der Waals surface area contributed by atoms with Gasteiger partial charge in [0.05, 0.1) is 23.6 Å². The second-order valence-electron chi connectivity index (χ2n) is 6.91. The summed E-state index contributed by atoms with van der Waals surface area (Å²) in [7, 11) is 1.34. The minimum absolute atomic E-state index is 0.0395. The summed E-state index contributed by atoms with van der Waals surface area (Å²) < 4.78 is 4.82. The van der Waals surface area contributed by atoms with E-state index in [-0.39, 0.29) is 33.5 Å². The molecule has 0 spiro atoms. The van der Waals surface area contributed by atoms with Gasteiger partial charge in [-0.25, -0.2) is 9.59 Å². The second-order valence-corrected chi connectivity index (χ2v) is 7.73. The molecule has 4 rings (SSSR count). The van der Waals surface area contributed by atoms with E-state index in [1.165, 1.54) is 19.2 Å². The van der Waals surface area contributed by atoms with Crippen LogP contribution in [0.15, 0.2) is 78.0 Å². The lowest BCUT2D eigenvalue weighted by Gasteiger charge is -2.27. The molecule has 0 aromatic heterocycles. The molecule has 1 aliphatic rings. The second kappa shape index (κ2) is 10.4. The Labute approximate surface area is 199 Å². The van der Waals surface area contributed by atoms with E-state index in [4.69, 9.17) is 43.0 Å². The number of halogens is 2. The van der Waals surface area contributed by atoms with Crippen LogP contribution in [0.4, 0.5) is 0 Å². The third-order valence-corrected chi connectivity index (χ3v) is 5.54. The minimum atomic E-state index is -1.16. The fourth-order valence-electron chi connectivity index (χ4n) is 3.37. The molecule has 0 radical (unpaired) electrons. The Morgan fingerprint density at radius 2 is 1.39 bits per heavy atom. The number of ether oxygens (including phenoxy) is 1. The molecule has 3 aromatic rings. The van der Waals surface area contributed by atoms with Crippen molar-refractivity contribution in [1.29, 1.82) is 0 Å². The molecule has 1 heterocycles. The monoisotopic (exact) mass is 487 g/mol.